The maximum absolute atomic E-state index is 11.7. The average molecular weight is 362 g/mol. The second kappa shape index (κ2) is 8.53. The Morgan fingerprint density at radius 2 is 1.73 bits per heavy atom. The first-order valence-electron chi connectivity index (χ1n) is 9.71. The molecule has 0 aromatic heterocycles. The number of morpholine rings is 1. The third-order valence-corrected chi connectivity index (χ3v) is 4.96. The Balaban J connectivity index is 2.14. The Morgan fingerprint density at radius 3 is 2.19 bits per heavy atom. The van der Waals surface area contributed by atoms with E-state index in [0.29, 0.717) is 0 Å². The van der Waals surface area contributed by atoms with Crippen LogP contribution in [0.25, 0.3) is 0 Å². The molecule has 0 saturated carbocycles. The number of esters is 1. The van der Waals surface area contributed by atoms with Crippen LogP contribution in [0.4, 0.5) is 0 Å². The fraction of sp³-hybridized carbons (Fsp3) is 0.682. The van der Waals surface area contributed by atoms with E-state index in [2.05, 4.69) is 70.7 Å². The second-order valence-corrected chi connectivity index (χ2v) is 8.86. The van der Waals surface area contributed by atoms with E-state index in [0.717, 1.165) is 25.2 Å². The van der Waals surface area contributed by atoms with Crippen molar-refractivity contribution >= 4 is 5.97 Å². The van der Waals surface area contributed by atoms with Crippen LogP contribution < -0.4 is 0 Å². The van der Waals surface area contributed by atoms with Crippen LogP contribution in [0.5, 0.6) is 0 Å². The summed E-state index contributed by atoms with van der Waals surface area (Å²) in [5, 5.41) is 0. The quantitative estimate of drug-likeness (QED) is 0.732. The van der Waals surface area contributed by atoms with Gasteiger partial charge in [-0.25, -0.2) is 0 Å². The van der Waals surface area contributed by atoms with Crippen molar-refractivity contribution in [3.05, 3.63) is 35.4 Å². The van der Waals surface area contributed by atoms with Crippen LogP contribution in [0.15, 0.2) is 24.3 Å². The monoisotopic (exact) mass is 361 g/mol. The molecular weight excluding hydrogens is 326 g/mol. The van der Waals surface area contributed by atoms with Gasteiger partial charge in [0.1, 0.15) is 6.10 Å². The van der Waals surface area contributed by atoms with Gasteiger partial charge in [0.05, 0.1) is 12.2 Å². The summed E-state index contributed by atoms with van der Waals surface area (Å²) in [6.45, 7) is 17.2. The van der Waals surface area contributed by atoms with Gasteiger partial charge in [-0.05, 0) is 30.4 Å². The van der Waals surface area contributed by atoms with Crippen LogP contribution in [0.1, 0.15) is 65.7 Å². The molecule has 1 aliphatic heterocycles. The third kappa shape index (κ3) is 5.82. The Morgan fingerprint density at radius 1 is 1.19 bits per heavy atom. The van der Waals surface area contributed by atoms with Crippen LogP contribution in [-0.2, 0) is 19.7 Å². The van der Waals surface area contributed by atoms with E-state index < -0.39 is 0 Å². The summed E-state index contributed by atoms with van der Waals surface area (Å²) < 4.78 is 11.5. The molecule has 0 bridgehead atoms. The SMILES string of the molecule is CC(=O)OC(c1ccc(C(C)(C)C)cc1)C(C)CN1CC(C)OC(C)C1. The third-order valence-electron chi connectivity index (χ3n) is 4.96. The van der Waals surface area contributed by atoms with Gasteiger partial charge in [-0.2, -0.15) is 0 Å². The number of ether oxygens (including phenoxy) is 2. The van der Waals surface area contributed by atoms with Gasteiger partial charge < -0.3 is 9.47 Å². The van der Waals surface area contributed by atoms with Crippen molar-refractivity contribution in [3.63, 3.8) is 0 Å². The Kier molecular flexibility index (Phi) is 6.86. The summed E-state index contributed by atoms with van der Waals surface area (Å²) in [7, 11) is 0. The highest BCUT2D eigenvalue weighted by Gasteiger charge is 2.28. The predicted octanol–water partition coefficient (Wildman–Crippen LogP) is 4.33. The van der Waals surface area contributed by atoms with Crippen molar-refractivity contribution < 1.29 is 14.3 Å². The second-order valence-electron chi connectivity index (χ2n) is 8.86. The van der Waals surface area contributed by atoms with E-state index in [1.165, 1.54) is 12.5 Å². The van der Waals surface area contributed by atoms with Gasteiger partial charge in [-0.15, -0.1) is 0 Å². The minimum Gasteiger partial charge on any atom is -0.457 e. The van der Waals surface area contributed by atoms with Gasteiger partial charge in [-0.1, -0.05) is 52.0 Å². The molecule has 4 nitrogen and oxygen atoms in total. The van der Waals surface area contributed by atoms with Gasteiger partial charge in [-0.3, -0.25) is 9.69 Å². The van der Waals surface area contributed by atoms with Crippen molar-refractivity contribution in [1.29, 1.82) is 0 Å². The summed E-state index contributed by atoms with van der Waals surface area (Å²) in [5.41, 5.74) is 2.46. The fourth-order valence-corrected chi connectivity index (χ4v) is 3.80. The molecule has 0 spiro atoms. The first-order chi connectivity index (χ1) is 12.1. The van der Waals surface area contributed by atoms with Crippen molar-refractivity contribution in [2.75, 3.05) is 19.6 Å². The van der Waals surface area contributed by atoms with Gasteiger partial charge >= 0.3 is 5.97 Å². The van der Waals surface area contributed by atoms with E-state index >= 15 is 0 Å². The predicted molar refractivity (Wildman–Crippen MR) is 105 cm³/mol. The van der Waals surface area contributed by atoms with Crippen molar-refractivity contribution in [2.24, 2.45) is 5.92 Å². The highest BCUT2D eigenvalue weighted by Crippen LogP contribution is 2.30. The summed E-state index contributed by atoms with van der Waals surface area (Å²) in [6.07, 6.45) is 0.253. The first-order valence-corrected chi connectivity index (χ1v) is 9.71. The lowest BCUT2D eigenvalue weighted by Crippen LogP contribution is -2.47. The number of hydrogen-bond donors (Lipinski definition) is 0. The summed E-state index contributed by atoms with van der Waals surface area (Å²) in [4.78, 5) is 14.1. The van der Waals surface area contributed by atoms with Gasteiger partial charge in [0, 0.05) is 32.5 Å². The molecule has 1 aromatic carbocycles. The molecule has 2 rings (SSSR count). The van der Waals surface area contributed by atoms with Crippen LogP contribution in [0.3, 0.4) is 0 Å². The molecule has 1 fully saturated rings. The average Bonchev–Trinajstić information content (AvgIpc) is 2.50. The van der Waals surface area contributed by atoms with Crippen molar-refractivity contribution in [2.45, 2.75) is 72.2 Å². The Bertz CT molecular complexity index is 580. The zero-order valence-corrected chi connectivity index (χ0v) is 17.4. The minimum absolute atomic E-state index is 0.112. The standard InChI is InChI=1S/C22H35NO3/c1-15(12-23-13-16(2)25-17(3)14-23)21(26-18(4)24)19-8-10-20(11-9-19)22(5,6)7/h8-11,15-17,21H,12-14H2,1-7H3. The normalized spacial score (nSPS) is 24.1. The fourth-order valence-electron chi connectivity index (χ4n) is 3.80. The molecule has 4 atom stereocenters. The van der Waals surface area contributed by atoms with Crippen LogP contribution >= 0.6 is 0 Å². The highest BCUT2D eigenvalue weighted by atomic mass is 16.5. The number of benzene rings is 1. The number of nitrogens with zero attached hydrogens (tertiary/aromatic N) is 1. The highest BCUT2D eigenvalue weighted by molar-refractivity contribution is 5.66. The first kappa shape index (κ1) is 20.9. The summed E-state index contributed by atoms with van der Waals surface area (Å²) in [6, 6.07) is 8.51. The maximum Gasteiger partial charge on any atom is 0.303 e. The lowest BCUT2D eigenvalue weighted by Gasteiger charge is -2.38. The molecule has 146 valence electrons. The Labute approximate surface area is 158 Å². The Hall–Kier alpha value is -1.39. The molecule has 0 aliphatic carbocycles. The molecule has 4 unspecified atom stereocenters. The van der Waals surface area contributed by atoms with E-state index in [1.807, 2.05) is 0 Å². The number of rotatable bonds is 5. The van der Waals surface area contributed by atoms with Crippen LogP contribution in [-0.4, -0.2) is 42.7 Å². The molecule has 1 aliphatic rings. The lowest BCUT2D eigenvalue weighted by molar-refractivity contribution is -0.150. The van der Waals surface area contributed by atoms with Crippen molar-refractivity contribution in [3.8, 4) is 0 Å². The summed E-state index contributed by atoms with van der Waals surface area (Å²) in [5.74, 6) is -0.0256. The molecule has 0 radical (unpaired) electrons. The van der Waals surface area contributed by atoms with E-state index in [9.17, 15) is 4.79 Å². The molecule has 26 heavy (non-hydrogen) atoms. The molecule has 0 amide bonds. The van der Waals surface area contributed by atoms with E-state index in [1.54, 1.807) is 0 Å². The van der Waals surface area contributed by atoms with Crippen molar-refractivity contribution in [1.82, 2.24) is 4.90 Å². The van der Waals surface area contributed by atoms with Gasteiger partial charge in [0.2, 0.25) is 0 Å². The molecule has 1 aromatic rings. The minimum atomic E-state index is -0.231. The molecule has 4 heteroatoms. The van der Waals surface area contributed by atoms with Gasteiger partial charge in [0.15, 0.2) is 0 Å². The number of hydrogen-bond acceptors (Lipinski definition) is 4. The number of carbonyl (C=O) groups excluding carboxylic acids is 1. The zero-order valence-electron chi connectivity index (χ0n) is 17.4. The molecule has 1 saturated heterocycles. The van der Waals surface area contributed by atoms with E-state index in [4.69, 9.17) is 9.47 Å². The smallest absolute Gasteiger partial charge is 0.303 e. The van der Waals surface area contributed by atoms with E-state index in [-0.39, 0.29) is 35.6 Å². The molecular formula is C22H35NO3. The van der Waals surface area contributed by atoms with Gasteiger partial charge in [0.25, 0.3) is 0 Å². The topological polar surface area (TPSA) is 38.8 Å². The summed E-state index contributed by atoms with van der Waals surface area (Å²) >= 11 is 0. The number of carbonyl (C=O) groups is 1. The lowest BCUT2D eigenvalue weighted by atomic mass is 9.85. The largest absolute Gasteiger partial charge is 0.457 e. The maximum atomic E-state index is 11.7. The van der Waals surface area contributed by atoms with Crippen LogP contribution in [0.2, 0.25) is 0 Å². The van der Waals surface area contributed by atoms with Crippen LogP contribution in [0, 0.1) is 5.92 Å². The molecule has 1 heterocycles. The zero-order chi connectivity index (χ0) is 19.5. The molecule has 0 N–H and O–H groups in total.